The highest BCUT2D eigenvalue weighted by Crippen LogP contribution is 2.25. The van der Waals surface area contributed by atoms with Crippen molar-refractivity contribution in [1.82, 2.24) is 4.98 Å². The van der Waals surface area contributed by atoms with Gasteiger partial charge in [-0.2, -0.15) is 0 Å². The number of non-ortho nitro benzene ring substituents is 1. The fourth-order valence-corrected chi connectivity index (χ4v) is 1.55. The molecule has 0 amide bonds. The number of hydrogen-bond acceptors (Lipinski definition) is 3. The van der Waals surface area contributed by atoms with Gasteiger partial charge in [0.25, 0.3) is 5.69 Å². The number of carbonyl (C=O) groups is 1. The molecule has 0 saturated heterocycles. The van der Waals surface area contributed by atoms with Crippen LogP contribution in [-0.4, -0.2) is 21.0 Å². The smallest absolute Gasteiger partial charge is 0.352 e. The molecule has 1 aromatic carbocycles. The third-order valence-electron chi connectivity index (χ3n) is 2.35. The van der Waals surface area contributed by atoms with E-state index in [1.807, 2.05) is 0 Å². The van der Waals surface area contributed by atoms with Gasteiger partial charge in [0.05, 0.1) is 4.92 Å². The number of hydrogen-bond donors (Lipinski definition) is 2. The Morgan fingerprint density at radius 1 is 1.24 bits per heavy atom. The normalized spacial score (nSPS) is 10.1. The molecule has 6 heteroatoms. The van der Waals surface area contributed by atoms with E-state index in [1.165, 1.54) is 30.5 Å². The lowest BCUT2D eigenvalue weighted by Crippen LogP contribution is -1.98. The van der Waals surface area contributed by atoms with Crippen molar-refractivity contribution in [2.24, 2.45) is 0 Å². The molecule has 2 aromatic rings. The summed E-state index contributed by atoms with van der Waals surface area (Å²) >= 11 is 0. The zero-order valence-electron chi connectivity index (χ0n) is 8.58. The summed E-state index contributed by atoms with van der Waals surface area (Å²) in [7, 11) is 0. The average molecular weight is 232 g/mol. The van der Waals surface area contributed by atoms with E-state index in [0.717, 1.165) is 0 Å². The molecule has 0 aliphatic carbocycles. The van der Waals surface area contributed by atoms with Gasteiger partial charge in [0, 0.05) is 23.9 Å². The van der Waals surface area contributed by atoms with Crippen LogP contribution in [0, 0.1) is 10.1 Å². The number of aromatic nitrogens is 1. The molecule has 0 atom stereocenters. The van der Waals surface area contributed by atoms with Gasteiger partial charge in [-0.25, -0.2) is 4.79 Å². The fourth-order valence-electron chi connectivity index (χ4n) is 1.55. The van der Waals surface area contributed by atoms with Crippen LogP contribution in [0.1, 0.15) is 10.5 Å². The van der Waals surface area contributed by atoms with Crippen LogP contribution in [0.4, 0.5) is 5.69 Å². The van der Waals surface area contributed by atoms with E-state index in [4.69, 9.17) is 5.11 Å². The maximum atomic E-state index is 10.9. The summed E-state index contributed by atoms with van der Waals surface area (Å²) in [5.74, 6) is -1.07. The topological polar surface area (TPSA) is 96.2 Å². The molecule has 0 spiro atoms. The summed E-state index contributed by atoms with van der Waals surface area (Å²) in [5.41, 5.74) is 1.17. The van der Waals surface area contributed by atoms with E-state index in [2.05, 4.69) is 4.98 Å². The van der Waals surface area contributed by atoms with E-state index in [9.17, 15) is 14.9 Å². The van der Waals surface area contributed by atoms with Gasteiger partial charge in [0.15, 0.2) is 0 Å². The van der Waals surface area contributed by atoms with E-state index in [-0.39, 0.29) is 11.4 Å². The number of benzene rings is 1. The maximum Gasteiger partial charge on any atom is 0.352 e. The van der Waals surface area contributed by atoms with Crippen LogP contribution in [0.5, 0.6) is 0 Å². The molecule has 1 heterocycles. The van der Waals surface area contributed by atoms with Crippen LogP contribution >= 0.6 is 0 Å². The molecule has 0 saturated carbocycles. The number of nitro benzene ring substituents is 1. The minimum absolute atomic E-state index is 0.0267. The SMILES string of the molecule is O=C(O)c1[nH]ccc1-c1ccc([N+](=O)[O-])cc1. The summed E-state index contributed by atoms with van der Waals surface area (Å²) in [4.78, 5) is 23.5. The maximum absolute atomic E-state index is 10.9. The minimum Gasteiger partial charge on any atom is -0.477 e. The van der Waals surface area contributed by atoms with Crippen molar-refractivity contribution in [1.29, 1.82) is 0 Å². The van der Waals surface area contributed by atoms with Crippen molar-refractivity contribution in [3.63, 3.8) is 0 Å². The Morgan fingerprint density at radius 2 is 1.88 bits per heavy atom. The molecule has 2 rings (SSSR count). The molecule has 0 unspecified atom stereocenters. The van der Waals surface area contributed by atoms with Crippen LogP contribution in [0.15, 0.2) is 36.5 Å². The molecule has 6 nitrogen and oxygen atoms in total. The first-order valence-electron chi connectivity index (χ1n) is 4.75. The quantitative estimate of drug-likeness (QED) is 0.626. The van der Waals surface area contributed by atoms with Crippen molar-refractivity contribution in [2.75, 3.05) is 0 Å². The number of H-pyrrole nitrogens is 1. The number of aromatic carboxylic acids is 1. The number of carboxylic acid groups (broad SMARTS) is 1. The fraction of sp³-hybridized carbons (Fsp3) is 0. The lowest BCUT2D eigenvalue weighted by atomic mass is 10.1. The summed E-state index contributed by atoms with van der Waals surface area (Å²) in [5, 5.41) is 19.4. The van der Waals surface area contributed by atoms with Gasteiger partial charge in [-0.3, -0.25) is 10.1 Å². The first-order valence-corrected chi connectivity index (χ1v) is 4.75. The van der Waals surface area contributed by atoms with Crippen LogP contribution in [0.2, 0.25) is 0 Å². The standard InChI is InChI=1S/C11H8N2O4/c14-11(15)10-9(5-6-12-10)7-1-3-8(4-2-7)13(16)17/h1-6,12H,(H,14,15). The highest BCUT2D eigenvalue weighted by molar-refractivity contribution is 5.94. The van der Waals surface area contributed by atoms with Gasteiger partial charge in [-0.05, 0) is 23.8 Å². The Kier molecular flexibility index (Phi) is 2.61. The summed E-state index contributed by atoms with van der Waals surface area (Å²) < 4.78 is 0. The summed E-state index contributed by atoms with van der Waals surface area (Å²) in [6.45, 7) is 0. The molecule has 86 valence electrons. The summed E-state index contributed by atoms with van der Waals surface area (Å²) in [6.07, 6.45) is 1.51. The van der Waals surface area contributed by atoms with Crippen LogP contribution < -0.4 is 0 Å². The molecule has 0 aliphatic rings. The van der Waals surface area contributed by atoms with E-state index < -0.39 is 10.9 Å². The second-order valence-electron chi connectivity index (χ2n) is 3.38. The zero-order valence-corrected chi connectivity index (χ0v) is 8.58. The Bertz CT molecular complexity index is 571. The Morgan fingerprint density at radius 3 is 2.41 bits per heavy atom. The molecule has 2 N–H and O–H groups in total. The predicted octanol–water partition coefficient (Wildman–Crippen LogP) is 2.29. The molecule has 1 aromatic heterocycles. The van der Waals surface area contributed by atoms with E-state index >= 15 is 0 Å². The second-order valence-corrected chi connectivity index (χ2v) is 3.38. The second kappa shape index (κ2) is 4.09. The van der Waals surface area contributed by atoms with Crippen molar-refractivity contribution < 1.29 is 14.8 Å². The van der Waals surface area contributed by atoms with Crippen molar-refractivity contribution >= 4 is 11.7 Å². The van der Waals surface area contributed by atoms with Crippen LogP contribution in [0.3, 0.4) is 0 Å². The average Bonchev–Trinajstić information content (AvgIpc) is 2.78. The van der Waals surface area contributed by atoms with Crippen molar-refractivity contribution in [3.05, 3.63) is 52.3 Å². The number of nitrogens with one attached hydrogen (secondary N) is 1. The van der Waals surface area contributed by atoms with Gasteiger partial charge < -0.3 is 10.1 Å². The predicted molar refractivity (Wildman–Crippen MR) is 59.8 cm³/mol. The third kappa shape index (κ3) is 2.00. The van der Waals surface area contributed by atoms with E-state index in [1.54, 1.807) is 6.07 Å². The highest BCUT2D eigenvalue weighted by atomic mass is 16.6. The Balaban J connectivity index is 2.43. The van der Waals surface area contributed by atoms with Gasteiger partial charge in [-0.1, -0.05) is 0 Å². The monoisotopic (exact) mass is 232 g/mol. The van der Waals surface area contributed by atoms with Crippen molar-refractivity contribution in [2.45, 2.75) is 0 Å². The summed E-state index contributed by atoms with van der Waals surface area (Å²) in [6, 6.07) is 7.34. The molecular formula is C11H8N2O4. The highest BCUT2D eigenvalue weighted by Gasteiger charge is 2.13. The molecular weight excluding hydrogens is 224 g/mol. The third-order valence-corrected chi connectivity index (χ3v) is 2.35. The zero-order chi connectivity index (χ0) is 12.4. The van der Waals surface area contributed by atoms with E-state index in [0.29, 0.717) is 11.1 Å². The molecule has 17 heavy (non-hydrogen) atoms. The molecule has 0 fully saturated rings. The number of nitrogens with zero attached hydrogens (tertiary/aromatic N) is 1. The van der Waals surface area contributed by atoms with Crippen LogP contribution in [-0.2, 0) is 0 Å². The Labute approximate surface area is 95.7 Å². The van der Waals surface area contributed by atoms with Crippen LogP contribution in [0.25, 0.3) is 11.1 Å². The lowest BCUT2D eigenvalue weighted by Gasteiger charge is -2.00. The Hall–Kier alpha value is -2.63. The molecule has 0 radical (unpaired) electrons. The number of rotatable bonds is 3. The van der Waals surface area contributed by atoms with Crippen molar-refractivity contribution in [3.8, 4) is 11.1 Å². The first kappa shape index (κ1) is 10.9. The molecule has 0 aliphatic heterocycles. The molecule has 0 bridgehead atoms. The number of nitro groups is 1. The van der Waals surface area contributed by atoms with Gasteiger partial charge >= 0.3 is 5.97 Å². The minimum atomic E-state index is -1.07. The van der Waals surface area contributed by atoms with Gasteiger partial charge in [0.2, 0.25) is 0 Å². The lowest BCUT2D eigenvalue weighted by molar-refractivity contribution is -0.384. The number of carboxylic acids is 1. The van der Waals surface area contributed by atoms with Gasteiger partial charge in [-0.15, -0.1) is 0 Å². The number of aromatic amines is 1. The first-order chi connectivity index (χ1) is 8.09. The largest absolute Gasteiger partial charge is 0.477 e. The van der Waals surface area contributed by atoms with Gasteiger partial charge in [0.1, 0.15) is 5.69 Å².